The smallest absolute Gasteiger partial charge is 0.0533 e. The lowest BCUT2D eigenvalue weighted by molar-refractivity contribution is 1.37. The number of anilines is 6. The molecule has 0 unspecified atom stereocenters. The van der Waals surface area contributed by atoms with Gasteiger partial charge in [0, 0.05) is 34.1 Å². The number of hydrogen-bond donors (Lipinski definition) is 7. The summed E-state index contributed by atoms with van der Waals surface area (Å²) in [6.45, 7) is 0. The molecule has 0 aliphatic heterocycles. The van der Waals surface area contributed by atoms with Crippen LogP contribution in [0.15, 0.2) is 194 Å². The second kappa shape index (κ2) is 34.8. The summed E-state index contributed by atoms with van der Waals surface area (Å²) in [7, 11) is 0. The molecule has 290 valence electrons. The molecule has 0 spiro atoms. The van der Waals surface area contributed by atoms with E-state index in [1.54, 1.807) is 24.3 Å². The van der Waals surface area contributed by atoms with Gasteiger partial charge in [-0.05, 0) is 110 Å². The van der Waals surface area contributed by atoms with Gasteiger partial charge >= 0.3 is 0 Å². The van der Waals surface area contributed by atoms with Gasteiger partial charge in [0.15, 0.2) is 0 Å². The molecule has 7 heteroatoms. The Hall–Kier alpha value is -6.60. The SMILES string of the molecule is C.C.C.C.C.N=C1C=CCC=C1.N=C1C=CCC=C1.Nc1ccc(Nc2ccccc2)cc1.Nc1ccccc1.Nc1ccccc1.Nc1ccccc1. The van der Waals surface area contributed by atoms with Gasteiger partial charge in [-0.3, -0.25) is 0 Å². The fourth-order valence-corrected chi connectivity index (χ4v) is 3.66. The van der Waals surface area contributed by atoms with Crippen LogP contribution in [0, 0.1) is 10.8 Å². The first-order valence-electron chi connectivity index (χ1n) is 15.7. The Morgan fingerprint density at radius 3 is 0.796 bits per heavy atom. The van der Waals surface area contributed by atoms with Gasteiger partial charge in [0.1, 0.15) is 0 Å². The Morgan fingerprint density at radius 1 is 0.333 bits per heavy atom. The third-order valence-corrected chi connectivity index (χ3v) is 6.11. The predicted molar refractivity (Wildman–Crippen MR) is 248 cm³/mol. The molecule has 0 atom stereocenters. The van der Waals surface area contributed by atoms with Crippen LogP contribution in [0.3, 0.4) is 0 Å². The monoisotopic (exact) mass is 730 g/mol. The zero-order valence-corrected chi connectivity index (χ0v) is 27.7. The molecule has 0 heterocycles. The minimum Gasteiger partial charge on any atom is -0.399 e. The lowest BCUT2D eigenvalue weighted by atomic mass is 10.2. The molecule has 0 saturated carbocycles. The van der Waals surface area contributed by atoms with E-state index in [0.717, 1.165) is 47.0 Å². The molecule has 0 aromatic heterocycles. The van der Waals surface area contributed by atoms with Crippen molar-refractivity contribution < 1.29 is 0 Å². The van der Waals surface area contributed by atoms with Crippen LogP contribution in [0.2, 0.25) is 0 Å². The highest BCUT2D eigenvalue weighted by atomic mass is 14.9. The maximum atomic E-state index is 7.02. The quantitative estimate of drug-likeness (QED) is 0.0897. The minimum absolute atomic E-state index is 0. The van der Waals surface area contributed by atoms with Gasteiger partial charge in [0.2, 0.25) is 0 Å². The highest BCUT2D eigenvalue weighted by Gasteiger charge is 1.92. The first-order valence-corrected chi connectivity index (χ1v) is 15.7. The van der Waals surface area contributed by atoms with Crippen molar-refractivity contribution >= 4 is 45.5 Å². The van der Waals surface area contributed by atoms with Crippen molar-refractivity contribution in [2.24, 2.45) is 0 Å². The van der Waals surface area contributed by atoms with E-state index < -0.39 is 0 Å². The van der Waals surface area contributed by atoms with Gasteiger partial charge in [0.25, 0.3) is 0 Å². The summed E-state index contributed by atoms with van der Waals surface area (Å²) >= 11 is 0. The van der Waals surface area contributed by atoms with Crippen LogP contribution in [-0.4, -0.2) is 11.4 Å². The first kappa shape index (κ1) is 54.2. The van der Waals surface area contributed by atoms with Gasteiger partial charge in [-0.1, -0.05) is 134 Å². The van der Waals surface area contributed by atoms with Crippen molar-refractivity contribution in [3.8, 4) is 0 Å². The predicted octanol–water partition coefficient (Wildman–Crippen LogP) is 13.0. The van der Waals surface area contributed by atoms with Crippen LogP contribution in [0.5, 0.6) is 0 Å². The van der Waals surface area contributed by atoms with E-state index in [9.17, 15) is 0 Å². The number of para-hydroxylation sites is 4. The Bertz CT molecular complexity index is 1560. The Balaban J connectivity index is -0.000000280. The van der Waals surface area contributed by atoms with Crippen LogP contribution in [0.1, 0.15) is 50.0 Å². The van der Waals surface area contributed by atoms with Crippen LogP contribution >= 0.6 is 0 Å². The Labute approximate surface area is 327 Å². The van der Waals surface area contributed by atoms with Gasteiger partial charge in [-0.25, -0.2) is 0 Å². The van der Waals surface area contributed by atoms with E-state index in [1.165, 1.54) is 0 Å². The van der Waals surface area contributed by atoms with Crippen LogP contribution in [-0.2, 0) is 0 Å². The molecule has 0 saturated heterocycles. The molecular weight excluding hydrogens is 663 g/mol. The maximum absolute atomic E-state index is 7.02. The molecule has 2 aliphatic carbocycles. The van der Waals surface area contributed by atoms with Gasteiger partial charge in [-0.15, -0.1) is 0 Å². The summed E-state index contributed by atoms with van der Waals surface area (Å²) in [5.41, 5.74) is 28.2. The molecule has 7 rings (SSSR count). The summed E-state index contributed by atoms with van der Waals surface area (Å²) in [6.07, 6.45) is 17.1. The zero-order chi connectivity index (χ0) is 35.4. The van der Waals surface area contributed by atoms with E-state index in [4.69, 9.17) is 33.8 Å². The van der Waals surface area contributed by atoms with E-state index in [0.29, 0.717) is 11.4 Å². The lowest BCUT2D eigenvalue weighted by Gasteiger charge is -2.05. The second-order valence-corrected chi connectivity index (χ2v) is 10.3. The molecule has 0 radical (unpaired) electrons. The summed E-state index contributed by atoms with van der Waals surface area (Å²) in [5, 5.41) is 17.3. The topological polar surface area (TPSA) is 164 Å². The zero-order valence-electron chi connectivity index (χ0n) is 27.7. The van der Waals surface area contributed by atoms with Crippen molar-refractivity contribution in [1.29, 1.82) is 10.8 Å². The van der Waals surface area contributed by atoms with Crippen LogP contribution in [0.25, 0.3) is 0 Å². The highest BCUT2D eigenvalue weighted by Crippen LogP contribution is 2.16. The summed E-state index contributed by atoms with van der Waals surface area (Å²) in [5.74, 6) is 0. The minimum atomic E-state index is 0. The molecule has 11 N–H and O–H groups in total. The molecule has 5 aromatic carbocycles. The molecular formula is C47H67N7. The van der Waals surface area contributed by atoms with Crippen molar-refractivity contribution in [1.82, 2.24) is 0 Å². The molecule has 0 fully saturated rings. The fraction of sp³-hybridized carbons (Fsp3) is 0.149. The number of benzene rings is 5. The van der Waals surface area contributed by atoms with Gasteiger partial charge in [-0.2, -0.15) is 0 Å². The van der Waals surface area contributed by atoms with Crippen molar-refractivity contribution in [3.05, 3.63) is 194 Å². The average Bonchev–Trinajstić information content (AvgIpc) is 3.13. The highest BCUT2D eigenvalue weighted by molar-refractivity contribution is 6.02. The molecule has 0 amide bonds. The Kier molecular flexibility index (Phi) is 34.9. The number of rotatable bonds is 2. The molecule has 54 heavy (non-hydrogen) atoms. The third-order valence-electron chi connectivity index (χ3n) is 6.11. The molecule has 0 bridgehead atoms. The van der Waals surface area contributed by atoms with E-state index in [2.05, 4.69) is 5.32 Å². The number of hydrogen-bond acceptors (Lipinski definition) is 7. The van der Waals surface area contributed by atoms with E-state index in [-0.39, 0.29) is 37.1 Å². The number of nitrogens with one attached hydrogen (secondary N) is 3. The molecule has 5 aromatic rings. The number of nitrogen functional groups attached to an aromatic ring is 4. The maximum Gasteiger partial charge on any atom is 0.0533 e. The van der Waals surface area contributed by atoms with E-state index in [1.807, 2.05) is 170 Å². The average molecular weight is 730 g/mol. The summed E-state index contributed by atoms with van der Waals surface area (Å²) in [6, 6.07) is 46.2. The van der Waals surface area contributed by atoms with E-state index >= 15 is 0 Å². The summed E-state index contributed by atoms with van der Waals surface area (Å²) < 4.78 is 0. The lowest BCUT2D eigenvalue weighted by Crippen LogP contribution is -1.90. The number of nitrogens with two attached hydrogens (primary N) is 4. The Morgan fingerprint density at radius 2 is 0.574 bits per heavy atom. The standard InChI is InChI=1S/C12H12N2.5C6H7N.5CH4/c13-10-6-8-12(9-7-10)14-11-4-2-1-3-5-11;5*7-6-4-2-1-3-5-6;;;;;/h1-9,14H,13H2;2*2-5,7H,1H2;3*1-5H,7H2;5*1H4. The molecule has 7 nitrogen and oxygen atoms in total. The largest absolute Gasteiger partial charge is 0.399 e. The van der Waals surface area contributed by atoms with Gasteiger partial charge < -0.3 is 39.1 Å². The normalized spacial score (nSPS) is 10.5. The summed E-state index contributed by atoms with van der Waals surface area (Å²) in [4.78, 5) is 0. The molecule has 2 aliphatic rings. The van der Waals surface area contributed by atoms with Crippen LogP contribution in [0.4, 0.5) is 34.1 Å². The number of allylic oxidation sites excluding steroid dienone is 8. The van der Waals surface area contributed by atoms with Crippen molar-refractivity contribution in [2.75, 3.05) is 28.3 Å². The van der Waals surface area contributed by atoms with Crippen molar-refractivity contribution in [2.45, 2.75) is 50.0 Å². The van der Waals surface area contributed by atoms with Crippen LogP contribution < -0.4 is 28.3 Å². The third kappa shape index (κ3) is 29.2. The fourth-order valence-electron chi connectivity index (χ4n) is 3.66. The van der Waals surface area contributed by atoms with Gasteiger partial charge in [0.05, 0.1) is 11.4 Å². The first-order chi connectivity index (χ1) is 23.8. The second-order valence-electron chi connectivity index (χ2n) is 10.3. The van der Waals surface area contributed by atoms with Crippen molar-refractivity contribution in [3.63, 3.8) is 0 Å².